The Morgan fingerprint density at radius 3 is 2.45 bits per heavy atom. The highest BCUT2D eigenvalue weighted by Crippen LogP contribution is 2.28. The van der Waals surface area contributed by atoms with E-state index < -0.39 is 0 Å². The maximum absolute atomic E-state index is 13.7. The number of anilines is 5. The highest BCUT2D eigenvalue weighted by atomic mass is 19.1. The molecular weight excluding hydrogens is 283 g/mol. The lowest BCUT2D eigenvalue weighted by molar-refractivity contribution is 0.632. The number of halogens is 1. The lowest BCUT2D eigenvalue weighted by atomic mass is 10.3. The number of nitrogens with two attached hydrogens (primary N) is 1. The average molecular weight is 296 g/mol. The van der Waals surface area contributed by atoms with Gasteiger partial charge in [0.25, 0.3) is 0 Å². The molecular formula is C15H13FN6. The normalized spacial score (nSPS) is 10.2. The van der Waals surface area contributed by atoms with Crippen LogP contribution in [0.1, 0.15) is 0 Å². The molecule has 0 spiro atoms. The fourth-order valence-corrected chi connectivity index (χ4v) is 1.86. The third kappa shape index (κ3) is 2.93. The second-order valence-electron chi connectivity index (χ2n) is 4.46. The number of rotatable bonds is 4. The van der Waals surface area contributed by atoms with Gasteiger partial charge >= 0.3 is 0 Å². The van der Waals surface area contributed by atoms with Gasteiger partial charge in [0.2, 0.25) is 0 Å². The van der Waals surface area contributed by atoms with Gasteiger partial charge in [-0.3, -0.25) is 4.98 Å². The van der Waals surface area contributed by atoms with Crippen molar-refractivity contribution in [3.63, 3.8) is 0 Å². The van der Waals surface area contributed by atoms with E-state index in [0.717, 1.165) is 5.69 Å². The summed E-state index contributed by atoms with van der Waals surface area (Å²) >= 11 is 0. The van der Waals surface area contributed by atoms with E-state index in [-0.39, 0.29) is 11.5 Å². The first-order valence-corrected chi connectivity index (χ1v) is 6.53. The van der Waals surface area contributed by atoms with Crippen molar-refractivity contribution < 1.29 is 4.39 Å². The fourth-order valence-electron chi connectivity index (χ4n) is 1.86. The number of nitrogens with zero attached hydrogens (tertiary/aromatic N) is 3. The van der Waals surface area contributed by atoms with Crippen LogP contribution in [0.25, 0.3) is 0 Å². The molecule has 0 aliphatic carbocycles. The van der Waals surface area contributed by atoms with Crippen LogP contribution in [-0.4, -0.2) is 15.0 Å². The van der Waals surface area contributed by atoms with Crippen molar-refractivity contribution in [2.75, 3.05) is 16.4 Å². The predicted molar refractivity (Wildman–Crippen MR) is 83.6 cm³/mol. The molecule has 0 saturated heterocycles. The van der Waals surface area contributed by atoms with Crippen LogP contribution in [0.4, 0.5) is 33.1 Å². The first-order valence-electron chi connectivity index (χ1n) is 6.53. The maximum atomic E-state index is 13.7. The second kappa shape index (κ2) is 6.04. The Hall–Kier alpha value is -3.22. The summed E-state index contributed by atoms with van der Waals surface area (Å²) in [6.45, 7) is 0. The highest BCUT2D eigenvalue weighted by Gasteiger charge is 2.10. The van der Waals surface area contributed by atoms with Gasteiger partial charge in [0.05, 0.1) is 17.6 Å². The van der Waals surface area contributed by atoms with Crippen molar-refractivity contribution in [3.05, 3.63) is 60.9 Å². The van der Waals surface area contributed by atoms with E-state index in [4.69, 9.17) is 5.73 Å². The summed E-state index contributed by atoms with van der Waals surface area (Å²) in [6, 6.07) is 9.91. The Balaban J connectivity index is 1.88. The van der Waals surface area contributed by atoms with E-state index in [1.165, 1.54) is 12.4 Å². The fraction of sp³-hybridized carbons (Fsp3) is 0. The molecule has 6 nitrogen and oxygen atoms in total. The summed E-state index contributed by atoms with van der Waals surface area (Å²) in [5.74, 6) is 0.357. The Kier molecular flexibility index (Phi) is 3.78. The van der Waals surface area contributed by atoms with E-state index in [9.17, 15) is 4.39 Å². The van der Waals surface area contributed by atoms with Gasteiger partial charge in [-0.1, -0.05) is 12.1 Å². The zero-order valence-corrected chi connectivity index (χ0v) is 11.5. The number of pyridine rings is 1. The molecule has 0 aliphatic heterocycles. The maximum Gasteiger partial charge on any atom is 0.159 e. The third-order valence-electron chi connectivity index (χ3n) is 2.94. The van der Waals surface area contributed by atoms with Gasteiger partial charge in [-0.15, -0.1) is 0 Å². The third-order valence-corrected chi connectivity index (χ3v) is 2.94. The Labute approximate surface area is 126 Å². The average Bonchev–Trinajstić information content (AvgIpc) is 2.54. The molecule has 0 saturated carbocycles. The molecule has 0 bridgehead atoms. The van der Waals surface area contributed by atoms with E-state index in [1.807, 2.05) is 6.07 Å². The number of nitrogen functional groups attached to an aromatic ring is 1. The first-order chi connectivity index (χ1) is 10.7. The number of hydrogen-bond acceptors (Lipinski definition) is 6. The van der Waals surface area contributed by atoms with E-state index in [0.29, 0.717) is 17.3 Å². The van der Waals surface area contributed by atoms with Gasteiger partial charge in [-0.05, 0) is 24.3 Å². The van der Waals surface area contributed by atoms with Gasteiger partial charge in [0.1, 0.15) is 17.8 Å². The van der Waals surface area contributed by atoms with E-state index in [2.05, 4.69) is 25.6 Å². The summed E-state index contributed by atoms with van der Waals surface area (Å²) in [5.41, 5.74) is 7.36. The summed E-state index contributed by atoms with van der Waals surface area (Å²) in [6.07, 6.45) is 4.66. The monoisotopic (exact) mass is 296 g/mol. The van der Waals surface area contributed by atoms with Crippen molar-refractivity contribution >= 4 is 28.7 Å². The molecule has 4 N–H and O–H groups in total. The lowest BCUT2D eigenvalue weighted by Gasteiger charge is -2.12. The van der Waals surface area contributed by atoms with Crippen LogP contribution in [0, 0.1) is 5.82 Å². The lowest BCUT2D eigenvalue weighted by Crippen LogP contribution is -2.05. The van der Waals surface area contributed by atoms with Crippen LogP contribution in [0.5, 0.6) is 0 Å². The first kappa shape index (κ1) is 13.7. The number of nitrogens with one attached hydrogen (secondary N) is 2. The molecule has 3 rings (SSSR count). The van der Waals surface area contributed by atoms with Crippen LogP contribution in [0.3, 0.4) is 0 Å². The molecule has 7 heteroatoms. The van der Waals surface area contributed by atoms with Gasteiger partial charge < -0.3 is 16.4 Å². The molecule has 110 valence electrons. The van der Waals surface area contributed by atoms with Crippen LogP contribution in [0.15, 0.2) is 55.1 Å². The zero-order chi connectivity index (χ0) is 15.4. The molecule has 0 radical (unpaired) electrons. The van der Waals surface area contributed by atoms with Crippen LogP contribution < -0.4 is 16.4 Å². The molecule has 2 heterocycles. The molecule has 3 aromatic rings. The van der Waals surface area contributed by atoms with Crippen molar-refractivity contribution in [1.82, 2.24) is 15.0 Å². The Morgan fingerprint density at radius 1 is 0.955 bits per heavy atom. The molecule has 2 aromatic heterocycles. The molecule has 0 fully saturated rings. The minimum atomic E-state index is -0.387. The van der Waals surface area contributed by atoms with E-state index >= 15 is 0 Å². The Morgan fingerprint density at radius 2 is 1.73 bits per heavy atom. The molecule has 1 aromatic carbocycles. The number of para-hydroxylation sites is 1. The SMILES string of the molecule is Nc1c(Nc2cccnc2)ncnc1Nc1ccccc1F. The topological polar surface area (TPSA) is 88.8 Å². The summed E-state index contributed by atoms with van der Waals surface area (Å²) in [4.78, 5) is 12.1. The van der Waals surface area contributed by atoms with Gasteiger partial charge in [-0.25, -0.2) is 14.4 Å². The van der Waals surface area contributed by atoms with Crippen LogP contribution in [0.2, 0.25) is 0 Å². The predicted octanol–water partition coefficient (Wildman–Crippen LogP) is 3.08. The number of benzene rings is 1. The Bertz CT molecular complexity index is 778. The zero-order valence-electron chi connectivity index (χ0n) is 11.5. The van der Waals surface area contributed by atoms with E-state index in [1.54, 1.807) is 36.7 Å². The summed E-state index contributed by atoms with van der Waals surface area (Å²) in [7, 11) is 0. The van der Waals surface area contributed by atoms with Crippen molar-refractivity contribution in [2.45, 2.75) is 0 Å². The molecule has 22 heavy (non-hydrogen) atoms. The molecule has 0 aliphatic rings. The van der Waals surface area contributed by atoms with Gasteiger partial charge in [0.15, 0.2) is 11.6 Å². The van der Waals surface area contributed by atoms with Crippen molar-refractivity contribution in [3.8, 4) is 0 Å². The van der Waals surface area contributed by atoms with Gasteiger partial charge in [0, 0.05) is 6.20 Å². The molecule has 0 amide bonds. The minimum Gasteiger partial charge on any atom is -0.393 e. The van der Waals surface area contributed by atoms with Crippen molar-refractivity contribution in [1.29, 1.82) is 0 Å². The molecule has 0 unspecified atom stereocenters. The smallest absolute Gasteiger partial charge is 0.159 e. The van der Waals surface area contributed by atoms with Crippen LogP contribution >= 0.6 is 0 Å². The molecule has 0 atom stereocenters. The number of hydrogen-bond donors (Lipinski definition) is 3. The van der Waals surface area contributed by atoms with Crippen molar-refractivity contribution in [2.24, 2.45) is 0 Å². The number of aromatic nitrogens is 3. The summed E-state index contributed by atoms with van der Waals surface area (Å²) < 4.78 is 13.7. The largest absolute Gasteiger partial charge is 0.393 e. The summed E-state index contributed by atoms with van der Waals surface area (Å²) in [5, 5.41) is 5.90. The standard InChI is InChI=1S/C15H13FN6/c16-11-5-1-2-6-12(11)22-15-13(17)14(19-9-20-15)21-10-4-3-7-18-8-10/h1-9H,17H2,(H2,19,20,21,22). The van der Waals surface area contributed by atoms with Gasteiger partial charge in [-0.2, -0.15) is 0 Å². The minimum absolute atomic E-state index is 0.287. The quantitative estimate of drug-likeness (QED) is 0.685. The highest BCUT2D eigenvalue weighted by molar-refractivity contribution is 5.80. The van der Waals surface area contributed by atoms with Crippen LogP contribution in [-0.2, 0) is 0 Å². The second-order valence-corrected chi connectivity index (χ2v) is 4.46.